The summed E-state index contributed by atoms with van der Waals surface area (Å²) >= 11 is 1.23. The first-order valence-corrected chi connectivity index (χ1v) is 4.70. The lowest BCUT2D eigenvalue weighted by Gasteiger charge is -1.87. The van der Waals surface area contributed by atoms with Gasteiger partial charge in [0.05, 0.1) is 9.75 Å². The van der Waals surface area contributed by atoms with Crippen LogP contribution in [-0.4, -0.2) is 10.2 Å². The monoisotopic (exact) mass is 226 g/mol. The minimum absolute atomic E-state index is 0.0665. The molecule has 0 N–H and O–H groups in total. The fraction of sp³-hybridized carbons (Fsp3) is 0.111. The molecule has 0 bridgehead atoms. The van der Waals surface area contributed by atoms with E-state index in [2.05, 4.69) is 16.1 Å². The predicted octanol–water partition coefficient (Wildman–Crippen LogP) is 2.72. The van der Waals surface area contributed by atoms with E-state index in [1.165, 1.54) is 11.3 Å². The molecule has 0 atom stereocenters. The van der Waals surface area contributed by atoms with Crippen molar-refractivity contribution >= 4 is 11.3 Å². The number of hydrogen-bond acceptors (Lipinski definition) is 4. The third kappa shape index (κ3) is 1.87. The van der Waals surface area contributed by atoms with Crippen molar-refractivity contribution in [3.63, 3.8) is 0 Å². The van der Waals surface area contributed by atoms with Crippen molar-refractivity contribution in [2.45, 2.75) is 6.43 Å². The molecule has 0 spiro atoms. The molecule has 0 aliphatic heterocycles. The van der Waals surface area contributed by atoms with Gasteiger partial charge in [0.2, 0.25) is 0 Å². The molecule has 0 saturated carbocycles. The highest BCUT2D eigenvalue weighted by molar-refractivity contribution is 7.15. The van der Waals surface area contributed by atoms with Crippen LogP contribution in [0, 0.1) is 12.3 Å². The average Bonchev–Trinajstić information content (AvgIpc) is 2.86. The maximum Gasteiger partial charge on any atom is 0.314 e. The Morgan fingerprint density at radius 2 is 2.20 bits per heavy atom. The Labute approximate surface area is 87.8 Å². The summed E-state index contributed by atoms with van der Waals surface area (Å²) in [5, 5.41) is 6.72. The standard InChI is InChI=1S/C9H4F2N2OS/c1-2-5-3-4-6(15-5)8-12-13-9(14-8)7(10)11/h1,3-4,7H. The van der Waals surface area contributed by atoms with E-state index < -0.39 is 12.3 Å². The van der Waals surface area contributed by atoms with Crippen LogP contribution >= 0.6 is 11.3 Å². The third-order valence-electron chi connectivity index (χ3n) is 1.59. The van der Waals surface area contributed by atoms with Gasteiger partial charge in [-0.15, -0.1) is 28.0 Å². The zero-order chi connectivity index (χ0) is 10.8. The number of thiophene rings is 1. The van der Waals surface area contributed by atoms with Crippen LogP contribution in [0.4, 0.5) is 8.78 Å². The molecule has 0 aliphatic rings. The molecule has 0 saturated heterocycles. The minimum Gasteiger partial charge on any atom is -0.414 e. The van der Waals surface area contributed by atoms with E-state index >= 15 is 0 Å². The van der Waals surface area contributed by atoms with Gasteiger partial charge in [0.25, 0.3) is 11.8 Å². The van der Waals surface area contributed by atoms with E-state index in [9.17, 15) is 8.78 Å². The van der Waals surface area contributed by atoms with Gasteiger partial charge in [0.1, 0.15) is 0 Å². The van der Waals surface area contributed by atoms with Crippen LogP contribution in [0.1, 0.15) is 17.2 Å². The molecule has 0 aromatic carbocycles. The van der Waals surface area contributed by atoms with Gasteiger partial charge in [-0.1, -0.05) is 5.92 Å². The lowest BCUT2D eigenvalue weighted by Crippen LogP contribution is -1.81. The van der Waals surface area contributed by atoms with E-state index in [0.717, 1.165) is 0 Å². The second kappa shape index (κ2) is 3.79. The molecule has 0 fully saturated rings. The lowest BCUT2D eigenvalue weighted by molar-refractivity contribution is 0.116. The molecule has 76 valence electrons. The summed E-state index contributed by atoms with van der Waals surface area (Å²) in [6.45, 7) is 0. The normalized spacial score (nSPS) is 10.5. The summed E-state index contributed by atoms with van der Waals surface area (Å²) in [5.74, 6) is 1.81. The van der Waals surface area contributed by atoms with Gasteiger partial charge < -0.3 is 4.42 Å². The third-order valence-corrected chi connectivity index (χ3v) is 2.59. The van der Waals surface area contributed by atoms with Crippen LogP contribution < -0.4 is 0 Å². The fourth-order valence-electron chi connectivity index (χ4n) is 0.953. The van der Waals surface area contributed by atoms with E-state index in [1.807, 2.05) is 0 Å². The Balaban J connectivity index is 2.34. The van der Waals surface area contributed by atoms with Crippen molar-refractivity contribution in [2.75, 3.05) is 0 Å². The van der Waals surface area contributed by atoms with Gasteiger partial charge in [-0.3, -0.25) is 0 Å². The first kappa shape index (κ1) is 9.80. The zero-order valence-electron chi connectivity index (χ0n) is 7.28. The molecular formula is C9H4F2N2OS. The van der Waals surface area contributed by atoms with Gasteiger partial charge in [0, 0.05) is 0 Å². The van der Waals surface area contributed by atoms with Gasteiger partial charge in [-0.05, 0) is 12.1 Å². The summed E-state index contributed by atoms with van der Waals surface area (Å²) in [7, 11) is 0. The highest BCUT2D eigenvalue weighted by Crippen LogP contribution is 2.28. The van der Waals surface area contributed by atoms with Crippen molar-refractivity contribution in [3.8, 4) is 23.1 Å². The summed E-state index contributed by atoms with van der Waals surface area (Å²) in [5.41, 5.74) is 0. The molecule has 2 aromatic rings. The molecule has 0 radical (unpaired) electrons. The summed E-state index contributed by atoms with van der Waals surface area (Å²) < 4.78 is 29.0. The average molecular weight is 226 g/mol. The number of nitrogens with zero attached hydrogens (tertiary/aromatic N) is 2. The number of alkyl halides is 2. The van der Waals surface area contributed by atoms with Crippen LogP contribution in [0.2, 0.25) is 0 Å². The summed E-state index contributed by atoms with van der Waals surface area (Å²) in [6, 6.07) is 3.34. The number of rotatable bonds is 2. The number of terminal acetylenes is 1. The van der Waals surface area contributed by atoms with Crippen molar-refractivity contribution in [3.05, 3.63) is 22.9 Å². The lowest BCUT2D eigenvalue weighted by atomic mass is 10.4. The molecule has 2 aromatic heterocycles. The predicted molar refractivity (Wildman–Crippen MR) is 50.5 cm³/mol. The zero-order valence-corrected chi connectivity index (χ0v) is 8.09. The molecule has 15 heavy (non-hydrogen) atoms. The second-order valence-electron chi connectivity index (χ2n) is 2.55. The Morgan fingerprint density at radius 3 is 2.73 bits per heavy atom. The highest BCUT2D eigenvalue weighted by Gasteiger charge is 2.17. The molecule has 6 heteroatoms. The second-order valence-corrected chi connectivity index (χ2v) is 3.64. The van der Waals surface area contributed by atoms with E-state index in [4.69, 9.17) is 10.8 Å². The Hall–Kier alpha value is -1.74. The Bertz CT molecular complexity index is 512. The number of halogens is 2. The first-order valence-electron chi connectivity index (χ1n) is 3.89. The fourth-order valence-corrected chi connectivity index (χ4v) is 1.69. The summed E-state index contributed by atoms with van der Waals surface area (Å²) in [6.07, 6.45) is 2.42. The number of aromatic nitrogens is 2. The molecular weight excluding hydrogens is 222 g/mol. The maximum atomic E-state index is 12.1. The van der Waals surface area contributed by atoms with Gasteiger partial charge in [-0.2, -0.15) is 8.78 Å². The maximum absolute atomic E-state index is 12.1. The van der Waals surface area contributed by atoms with Crippen LogP contribution in [0.15, 0.2) is 16.5 Å². The SMILES string of the molecule is C#Cc1ccc(-c2nnc(C(F)F)o2)s1. The quantitative estimate of drug-likeness (QED) is 0.739. The van der Waals surface area contributed by atoms with Crippen molar-refractivity contribution in [1.82, 2.24) is 10.2 Å². The van der Waals surface area contributed by atoms with Crippen LogP contribution in [0.5, 0.6) is 0 Å². The van der Waals surface area contributed by atoms with E-state index in [1.54, 1.807) is 12.1 Å². The Kier molecular flexibility index (Phi) is 2.47. The van der Waals surface area contributed by atoms with Gasteiger partial charge >= 0.3 is 6.43 Å². The van der Waals surface area contributed by atoms with E-state index in [0.29, 0.717) is 9.75 Å². The highest BCUT2D eigenvalue weighted by atomic mass is 32.1. The topological polar surface area (TPSA) is 38.9 Å². The van der Waals surface area contributed by atoms with E-state index in [-0.39, 0.29) is 5.89 Å². The van der Waals surface area contributed by atoms with Crippen LogP contribution in [0.3, 0.4) is 0 Å². The Morgan fingerprint density at radius 1 is 1.40 bits per heavy atom. The smallest absolute Gasteiger partial charge is 0.314 e. The van der Waals surface area contributed by atoms with Crippen LogP contribution in [0.25, 0.3) is 10.8 Å². The van der Waals surface area contributed by atoms with Crippen molar-refractivity contribution in [1.29, 1.82) is 0 Å². The van der Waals surface area contributed by atoms with Crippen LogP contribution in [-0.2, 0) is 0 Å². The molecule has 3 nitrogen and oxygen atoms in total. The molecule has 0 amide bonds. The largest absolute Gasteiger partial charge is 0.414 e. The molecule has 0 aliphatic carbocycles. The molecule has 0 unspecified atom stereocenters. The van der Waals surface area contributed by atoms with Crippen molar-refractivity contribution in [2.24, 2.45) is 0 Å². The minimum atomic E-state index is -2.75. The summed E-state index contributed by atoms with van der Waals surface area (Å²) in [4.78, 5) is 1.27. The molecule has 2 heterocycles. The van der Waals surface area contributed by atoms with Gasteiger partial charge in [-0.25, -0.2) is 0 Å². The molecule has 2 rings (SSSR count). The van der Waals surface area contributed by atoms with Gasteiger partial charge in [0.15, 0.2) is 0 Å². The van der Waals surface area contributed by atoms with Crippen molar-refractivity contribution < 1.29 is 13.2 Å². The number of hydrogen-bond donors (Lipinski definition) is 0. The first-order chi connectivity index (χ1) is 7.20.